The van der Waals surface area contributed by atoms with Gasteiger partial charge in [0.2, 0.25) is 0 Å². The van der Waals surface area contributed by atoms with Crippen LogP contribution in [-0.4, -0.2) is 18.5 Å². The molecule has 0 aliphatic rings. The fourth-order valence-corrected chi connectivity index (χ4v) is 2.82. The second-order valence-electron chi connectivity index (χ2n) is 7.29. The molecule has 3 aromatic rings. The van der Waals surface area contributed by atoms with Crippen molar-refractivity contribution in [3.05, 3.63) is 32.8 Å². The number of aryl methyl sites for hydroxylation is 1. The molecule has 3 heterocycles. The molecule has 3 aromatic heterocycles. The highest BCUT2D eigenvalue weighted by Gasteiger charge is 2.24. The number of fused-ring (bicyclic) bond motifs is 3. The molecule has 24 heavy (non-hydrogen) atoms. The standard InChI is InChI=1S/C17H24N4O3/c1-6-7-8-9-20-14(22)12-13(19(5)16(20)23)18-15-21(12)10-11(24-15)17(2,3)4/h10H,6-9H2,1-5H3. The summed E-state index contributed by atoms with van der Waals surface area (Å²) in [6, 6.07) is 0. The highest BCUT2D eigenvalue weighted by Crippen LogP contribution is 2.26. The van der Waals surface area contributed by atoms with Crippen molar-refractivity contribution >= 4 is 17.0 Å². The number of imidazole rings is 1. The van der Waals surface area contributed by atoms with E-state index in [1.165, 1.54) is 9.13 Å². The molecule has 0 amide bonds. The van der Waals surface area contributed by atoms with Gasteiger partial charge in [-0.15, -0.1) is 0 Å². The topological polar surface area (TPSA) is 74.4 Å². The van der Waals surface area contributed by atoms with Gasteiger partial charge in [-0.1, -0.05) is 40.5 Å². The SMILES string of the molecule is CCCCCn1c(=O)c2c(nc3oc(C(C)(C)C)cn32)n(C)c1=O. The zero-order valence-corrected chi connectivity index (χ0v) is 14.9. The molecule has 0 N–H and O–H groups in total. The average Bonchev–Trinajstić information content (AvgIpc) is 3.05. The maximum atomic E-state index is 12.9. The Morgan fingerprint density at radius 1 is 1.21 bits per heavy atom. The average molecular weight is 332 g/mol. The second kappa shape index (κ2) is 5.65. The van der Waals surface area contributed by atoms with E-state index in [0.29, 0.717) is 23.6 Å². The normalized spacial score (nSPS) is 12.5. The Morgan fingerprint density at radius 2 is 1.92 bits per heavy atom. The Kier molecular flexibility index (Phi) is 3.89. The van der Waals surface area contributed by atoms with Crippen molar-refractivity contribution in [3.8, 4) is 0 Å². The van der Waals surface area contributed by atoms with Gasteiger partial charge in [-0.05, 0) is 6.42 Å². The van der Waals surface area contributed by atoms with Gasteiger partial charge in [0, 0.05) is 19.0 Å². The van der Waals surface area contributed by atoms with Gasteiger partial charge < -0.3 is 4.42 Å². The number of aromatic nitrogens is 4. The van der Waals surface area contributed by atoms with Crippen molar-refractivity contribution in [2.45, 2.75) is 58.9 Å². The first-order valence-corrected chi connectivity index (χ1v) is 8.37. The van der Waals surface area contributed by atoms with Crippen molar-refractivity contribution in [2.24, 2.45) is 7.05 Å². The summed E-state index contributed by atoms with van der Waals surface area (Å²) in [6.07, 6.45) is 4.62. The van der Waals surface area contributed by atoms with Crippen LogP contribution in [0.4, 0.5) is 0 Å². The Bertz CT molecular complexity index is 1010. The highest BCUT2D eigenvalue weighted by atomic mass is 16.4. The van der Waals surface area contributed by atoms with Crippen molar-refractivity contribution in [1.82, 2.24) is 18.5 Å². The van der Waals surface area contributed by atoms with Crippen LogP contribution in [0.15, 0.2) is 20.2 Å². The highest BCUT2D eigenvalue weighted by molar-refractivity contribution is 5.74. The molecule has 0 radical (unpaired) electrons. The first kappa shape index (κ1) is 16.5. The predicted molar refractivity (Wildman–Crippen MR) is 92.7 cm³/mol. The fourth-order valence-electron chi connectivity index (χ4n) is 2.82. The molecule has 0 bridgehead atoms. The lowest BCUT2D eigenvalue weighted by atomic mass is 9.94. The van der Waals surface area contributed by atoms with E-state index in [9.17, 15) is 9.59 Å². The summed E-state index contributed by atoms with van der Waals surface area (Å²) in [5.74, 6) is 1.09. The molecule has 0 atom stereocenters. The maximum Gasteiger partial charge on any atom is 0.332 e. The van der Waals surface area contributed by atoms with Crippen LogP contribution in [0.2, 0.25) is 0 Å². The van der Waals surface area contributed by atoms with Crippen LogP contribution in [0, 0.1) is 0 Å². The summed E-state index contributed by atoms with van der Waals surface area (Å²) in [5, 5.41) is 0. The number of unbranched alkanes of at least 4 members (excludes halogenated alkanes) is 2. The molecule has 130 valence electrons. The summed E-state index contributed by atoms with van der Waals surface area (Å²) in [7, 11) is 1.64. The molecule has 0 saturated heterocycles. The summed E-state index contributed by atoms with van der Waals surface area (Å²) < 4.78 is 10.2. The van der Waals surface area contributed by atoms with E-state index >= 15 is 0 Å². The molecule has 0 aromatic carbocycles. The van der Waals surface area contributed by atoms with Gasteiger partial charge >= 0.3 is 11.5 Å². The summed E-state index contributed by atoms with van der Waals surface area (Å²) in [4.78, 5) is 29.7. The van der Waals surface area contributed by atoms with Gasteiger partial charge in [-0.2, -0.15) is 4.98 Å². The number of hydrogen-bond acceptors (Lipinski definition) is 4. The van der Waals surface area contributed by atoms with Gasteiger partial charge in [-0.3, -0.25) is 18.3 Å². The molecule has 0 unspecified atom stereocenters. The predicted octanol–water partition coefficient (Wildman–Crippen LogP) is 2.43. The van der Waals surface area contributed by atoms with E-state index in [1.807, 2.05) is 20.8 Å². The number of rotatable bonds is 4. The zero-order valence-electron chi connectivity index (χ0n) is 14.9. The molecule has 3 rings (SSSR count). The minimum Gasteiger partial charge on any atom is -0.428 e. The quantitative estimate of drug-likeness (QED) is 0.688. The monoisotopic (exact) mass is 332 g/mol. The molecular formula is C17H24N4O3. The van der Waals surface area contributed by atoms with Gasteiger partial charge in [0.1, 0.15) is 5.76 Å². The molecule has 0 aliphatic heterocycles. The third-order valence-electron chi connectivity index (χ3n) is 4.32. The second-order valence-corrected chi connectivity index (χ2v) is 7.29. The Balaban J connectivity index is 2.28. The van der Waals surface area contributed by atoms with Crippen LogP contribution in [0.3, 0.4) is 0 Å². The van der Waals surface area contributed by atoms with Crippen LogP contribution < -0.4 is 11.2 Å². The van der Waals surface area contributed by atoms with Crippen molar-refractivity contribution in [1.29, 1.82) is 0 Å². The minimum atomic E-state index is -0.333. The number of hydrogen-bond donors (Lipinski definition) is 0. The van der Waals surface area contributed by atoms with Crippen LogP contribution in [-0.2, 0) is 19.0 Å². The van der Waals surface area contributed by atoms with Crippen LogP contribution in [0.5, 0.6) is 0 Å². The minimum absolute atomic E-state index is 0.187. The van der Waals surface area contributed by atoms with Gasteiger partial charge in [0.15, 0.2) is 11.2 Å². The third-order valence-corrected chi connectivity index (χ3v) is 4.32. The number of nitrogens with zero attached hydrogens (tertiary/aromatic N) is 4. The van der Waals surface area contributed by atoms with Crippen molar-refractivity contribution in [2.75, 3.05) is 0 Å². The fraction of sp³-hybridized carbons (Fsp3) is 0.588. The third kappa shape index (κ3) is 2.48. The maximum absolute atomic E-state index is 12.9. The molecule has 7 heteroatoms. The summed E-state index contributed by atoms with van der Waals surface area (Å²) in [5.41, 5.74) is -0.0782. The largest absolute Gasteiger partial charge is 0.428 e. The van der Waals surface area contributed by atoms with E-state index in [2.05, 4.69) is 11.9 Å². The lowest BCUT2D eigenvalue weighted by molar-refractivity contribution is 0.425. The zero-order chi connectivity index (χ0) is 17.6. The van der Waals surface area contributed by atoms with Crippen LogP contribution >= 0.6 is 0 Å². The first-order chi connectivity index (χ1) is 11.3. The van der Waals surface area contributed by atoms with Crippen molar-refractivity contribution < 1.29 is 4.42 Å². The van der Waals surface area contributed by atoms with Gasteiger partial charge in [-0.25, -0.2) is 4.79 Å². The van der Waals surface area contributed by atoms with Gasteiger partial charge in [0.25, 0.3) is 5.56 Å². The van der Waals surface area contributed by atoms with E-state index in [1.54, 1.807) is 17.6 Å². The molecule has 0 saturated carbocycles. The summed E-state index contributed by atoms with van der Waals surface area (Å²) >= 11 is 0. The van der Waals surface area contributed by atoms with E-state index in [-0.39, 0.29) is 16.7 Å². The first-order valence-electron chi connectivity index (χ1n) is 8.37. The summed E-state index contributed by atoms with van der Waals surface area (Å²) in [6.45, 7) is 8.61. The Morgan fingerprint density at radius 3 is 2.54 bits per heavy atom. The molecule has 0 spiro atoms. The van der Waals surface area contributed by atoms with E-state index < -0.39 is 0 Å². The van der Waals surface area contributed by atoms with Crippen LogP contribution in [0.25, 0.3) is 17.0 Å². The molecule has 0 aliphatic carbocycles. The lowest BCUT2D eigenvalue weighted by Crippen LogP contribution is -2.39. The molecule has 0 fully saturated rings. The molecule has 7 nitrogen and oxygen atoms in total. The molecular weight excluding hydrogens is 308 g/mol. The Labute approximate surface area is 139 Å². The Hall–Kier alpha value is -2.31. The van der Waals surface area contributed by atoms with Crippen molar-refractivity contribution in [3.63, 3.8) is 0 Å². The number of oxazole rings is 1. The smallest absolute Gasteiger partial charge is 0.332 e. The van der Waals surface area contributed by atoms with Gasteiger partial charge in [0.05, 0.1) is 6.20 Å². The van der Waals surface area contributed by atoms with Crippen LogP contribution in [0.1, 0.15) is 52.7 Å². The van der Waals surface area contributed by atoms with E-state index in [0.717, 1.165) is 25.0 Å². The van der Waals surface area contributed by atoms with E-state index in [4.69, 9.17) is 4.42 Å². The lowest BCUT2D eigenvalue weighted by Gasteiger charge is -2.13.